The lowest BCUT2D eigenvalue weighted by Crippen LogP contribution is -2.53. The highest BCUT2D eigenvalue weighted by atomic mass is 16.6. The molecular formula is C64H76N10O10. The average Bonchev–Trinajstić information content (AvgIpc) is 3.71. The van der Waals surface area contributed by atoms with Crippen molar-refractivity contribution in [3.05, 3.63) is 131 Å². The lowest BCUT2D eigenvalue weighted by atomic mass is 9.87. The van der Waals surface area contributed by atoms with Gasteiger partial charge in [0.1, 0.15) is 71.7 Å². The number of aromatic nitrogens is 4. The summed E-state index contributed by atoms with van der Waals surface area (Å²) in [6.45, 7) is 19.2. The number of alkyl carbamates (subject to hydrolysis) is 2. The van der Waals surface area contributed by atoms with E-state index in [0.717, 1.165) is 57.6 Å². The van der Waals surface area contributed by atoms with E-state index in [2.05, 4.69) is 43.4 Å². The fourth-order valence-corrected chi connectivity index (χ4v) is 11.5. The van der Waals surface area contributed by atoms with Crippen LogP contribution in [0.15, 0.2) is 97.3 Å². The zero-order valence-electron chi connectivity index (χ0n) is 49.4. The molecule has 0 bridgehead atoms. The molecule has 2 saturated heterocycles. The number of hydrogen-bond donors (Lipinski definition) is 6. The number of carbonyl (C=O) groups is 6. The van der Waals surface area contributed by atoms with Crippen LogP contribution >= 0.6 is 0 Å². The zero-order valence-corrected chi connectivity index (χ0v) is 49.4. The van der Waals surface area contributed by atoms with Gasteiger partial charge >= 0.3 is 12.2 Å². The number of amides is 6. The molecule has 0 spiro atoms. The minimum atomic E-state index is -1.03. The Morgan fingerprint density at radius 2 is 0.940 bits per heavy atom. The van der Waals surface area contributed by atoms with Gasteiger partial charge in [0.2, 0.25) is 23.6 Å². The maximum absolute atomic E-state index is 14.7. The number of nitrogens with zero attached hydrogens (tertiary/aromatic N) is 4. The van der Waals surface area contributed by atoms with E-state index in [4.69, 9.17) is 28.9 Å². The molecule has 4 aliphatic heterocycles. The average molecular weight is 1150 g/mol. The van der Waals surface area contributed by atoms with Gasteiger partial charge in [-0.15, -0.1) is 0 Å². The number of benzene rings is 4. The normalized spacial score (nSPS) is 17.7. The summed E-state index contributed by atoms with van der Waals surface area (Å²) in [5.74, 6) is 0.449. The second kappa shape index (κ2) is 23.9. The number of ether oxygens (including phenoxy) is 4. The largest absolute Gasteiger partial charge is 0.488 e. The van der Waals surface area contributed by atoms with Crippen molar-refractivity contribution >= 4 is 35.8 Å². The number of nitrogens with one attached hydrogen (secondary N) is 6. The first-order chi connectivity index (χ1) is 40.0. The summed E-state index contributed by atoms with van der Waals surface area (Å²) < 4.78 is 24.0. The first kappa shape index (κ1) is 58.5. The Morgan fingerprint density at radius 3 is 1.30 bits per heavy atom. The number of aromatic amines is 2. The van der Waals surface area contributed by atoms with Crippen LogP contribution in [-0.4, -0.2) is 102 Å². The number of H-pyrrole nitrogens is 2. The minimum Gasteiger partial charge on any atom is -0.488 e. The third-order valence-electron chi connectivity index (χ3n) is 15.5. The number of rotatable bonds is 16. The third-order valence-corrected chi connectivity index (χ3v) is 15.5. The topological polar surface area (TPSA) is 251 Å². The summed E-state index contributed by atoms with van der Waals surface area (Å²) in [5, 5.41) is 11.4. The summed E-state index contributed by atoms with van der Waals surface area (Å²) in [6, 6.07) is 21.6. The van der Waals surface area contributed by atoms with Crippen LogP contribution in [0.2, 0.25) is 0 Å². The van der Waals surface area contributed by atoms with Gasteiger partial charge in [0.25, 0.3) is 0 Å². The molecular weight excluding hydrogens is 1070 g/mol. The van der Waals surface area contributed by atoms with Crippen LogP contribution in [0, 0.1) is 11.8 Å². The van der Waals surface area contributed by atoms with Crippen LogP contribution < -0.4 is 30.7 Å². The van der Waals surface area contributed by atoms with Gasteiger partial charge in [-0.05, 0) is 114 Å². The van der Waals surface area contributed by atoms with Gasteiger partial charge in [-0.3, -0.25) is 19.2 Å². The molecule has 6 aromatic rings. The fraction of sp³-hybridized carbons (Fsp3) is 0.438. The lowest BCUT2D eigenvalue weighted by Gasteiger charge is -2.31. The number of imidazole rings is 2. The Hall–Kier alpha value is -8.68. The smallest absolute Gasteiger partial charge is 0.408 e. The van der Waals surface area contributed by atoms with Crippen LogP contribution in [0.5, 0.6) is 11.5 Å². The van der Waals surface area contributed by atoms with E-state index in [-0.39, 0.29) is 36.9 Å². The summed E-state index contributed by atoms with van der Waals surface area (Å²) in [7, 11) is 0. The molecule has 6 N–H and O–H groups in total. The fourth-order valence-electron chi connectivity index (χ4n) is 11.5. The van der Waals surface area contributed by atoms with Gasteiger partial charge in [0.05, 0.1) is 35.9 Å². The van der Waals surface area contributed by atoms with E-state index in [0.29, 0.717) is 60.2 Å². The molecule has 2 fully saturated rings. The van der Waals surface area contributed by atoms with Gasteiger partial charge in [0.15, 0.2) is 0 Å². The van der Waals surface area contributed by atoms with Gasteiger partial charge in [-0.1, -0.05) is 88.4 Å². The van der Waals surface area contributed by atoms with Crippen LogP contribution in [0.4, 0.5) is 9.59 Å². The molecule has 0 saturated carbocycles. The van der Waals surface area contributed by atoms with E-state index < -0.39 is 71.5 Å². The Kier molecular flexibility index (Phi) is 16.6. The SMILES string of the molecule is CC(C)C(NC(=O)OC(C)(C)C)C(=O)N[C@@H](C(=O)N1CCC[C@H]1c1ncc(-c2cc3c4c(c2)OCc2cc(-c5cnc([C@@H]6CCCN6C(=O)[C@H](NC(=O)[C@@H](NC(=O)OC(C)(C)C)C(C)C)c6ccccc6)[nH]5)cc(c2-4)OC3)[nH]1)c1ccccc1. The molecule has 20 nitrogen and oxygen atoms in total. The van der Waals surface area contributed by atoms with Crippen LogP contribution in [-0.2, 0) is 41.9 Å². The molecule has 1 unspecified atom stereocenters. The van der Waals surface area contributed by atoms with Gasteiger partial charge in [0, 0.05) is 46.5 Å². The van der Waals surface area contributed by atoms with Gasteiger partial charge < -0.3 is 60.0 Å². The van der Waals surface area contributed by atoms with Crippen LogP contribution in [0.25, 0.3) is 33.6 Å². The third kappa shape index (κ3) is 12.8. The van der Waals surface area contributed by atoms with Crippen molar-refractivity contribution in [1.29, 1.82) is 0 Å². The first-order valence-corrected chi connectivity index (χ1v) is 29.0. The quantitative estimate of drug-likeness (QED) is 0.0530. The van der Waals surface area contributed by atoms with Crippen molar-refractivity contribution in [2.75, 3.05) is 13.1 Å². The highest BCUT2D eigenvalue weighted by molar-refractivity contribution is 5.94. The molecule has 20 heteroatoms. The molecule has 0 aliphatic carbocycles. The molecule has 6 atom stereocenters. The van der Waals surface area contributed by atoms with Crippen molar-refractivity contribution in [3.8, 4) is 45.1 Å². The Morgan fingerprint density at radius 1 is 0.560 bits per heavy atom. The predicted molar refractivity (Wildman–Crippen MR) is 314 cm³/mol. The molecule has 6 amide bonds. The van der Waals surface area contributed by atoms with Crippen LogP contribution in [0.3, 0.4) is 0 Å². The summed E-state index contributed by atoms with van der Waals surface area (Å²) in [4.78, 5) is 103. The molecule has 84 heavy (non-hydrogen) atoms. The maximum atomic E-state index is 14.7. The first-order valence-electron chi connectivity index (χ1n) is 29.0. The van der Waals surface area contributed by atoms with Gasteiger partial charge in [-0.25, -0.2) is 19.6 Å². The molecule has 2 aromatic heterocycles. The molecule has 10 rings (SSSR count). The van der Waals surface area contributed by atoms with Crippen molar-refractivity contribution in [1.82, 2.24) is 51.0 Å². The molecule has 6 heterocycles. The van der Waals surface area contributed by atoms with E-state index in [1.807, 2.05) is 76.2 Å². The highest BCUT2D eigenvalue weighted by Gasteiger charge is 2.41. The van der Waals surface area contributed by atoms with E-state index >= 15 is 0 Å². The number of carbonyl (C=O) groups excluding carboxylic acids is 6. The summed E-state index contributed by atoms with van der Waals surface area (Å²) >= 11 is 0. The number of hydrogen-bond acceptors (Lipinski definition) is 12. The van der Waals surface area contributed by atoms with Crippen molar-refractivity contribution in [2.45, 2.75) is 156 Å². The number of likely N-dealkylation sites (tertiary alicyclic amines) is 2. The minimum absolute atomic E-state index is 0.278. The molecule has 4 aromatic carbocycles. The highest BCUT2D eigenvalue weighted by Crippen LogP contribution is 2.51. The maximum Gasteiger partial charge on any atom is 0.408 e. The Balaban J connectivity index is 0.844. The molecule has 0 radical (unpaired) electrons. The Bertz CT molecular complexity index is 3160. The molecule has 4 aliphatic rings. The Labute approximate surface area is 489 Å². The van der Waals surface area contributed by atoms with E-state index in [9.17, 15) is 28.8 Å². The van der Waals surface area contributed by atoms with Gasteiger partial charge in [-0.2, -0.15) is 0 Å². The van der Waals surface area contributed by atoms with Crippen molar-refractivity contribution in [3.63, 3.8) is 0 Å². The van der Waals surface area contributed by atoms with Crippen molar-refractivity contribution < 1.29 is 47.7 Å². The molecule has 442 valence electrons. The second-order valence-corrected chi connectivity index (χ2v) is 24.8. The summed E-state index contributed by atoms with van der Waals surface area (Å²) in [6.07, 6.45) is 4.86. The second-order valence-electron chi connectivity index (χ2n) is 24.8. The van der Waals surface area contributed by atoms with Crippen molar-refractivity contribution in [2.24, 2.45) is 11.8 Å². The summed E-state index contributed by atoms with van der Waals surface area (Å²) in [5.41, 5.74) is 6.66. The monoisotopic (exact) mass is 1140 g/mol. The van der Waals surface area contributed by atoms with Crippen LogP contribution in [0.1, 0.15) is 153 Å². The predicted octanol–water partition coefficient (Wildman–Crippen LogP) is 10.1. The zero-order chi connectivity index (χ0) is 59.8. The lowest BCUT2D eigenvalue weighted by molar-refractivity contribution is -0.138. The standard InChI is InChI=1S/C64H76N10O10/c1-35(2)51(71-61(79)83-63(5,6)7)57(75)69-53(37-19-13-11-14-20-37)59(77)73-25-17-23-45(73)55-65-31-43(67-55)39-27-41-33-82-48-30-40(28-42-34-81-47(29-39)49(41)50(42)48)44-32-66-56(68-44)46-24-18-26-74(46)60(78)54(38-21-15-12-16-22-38)70-58(76)52(36(3)4)72-62(80)84-64(8,9)10/h11-16,19-22,27-32,35-36,45-46,51-54H,17-18,23-26,33-34H2,1-10H3,(H,65,67)(H,66,68)(H,69,75)(H,70,76)(H,71,79)(H,72,80)/t45-,46-,51-,52?,53+,54+/m0/s1. The van der Waals surface area contributed by atoms with E-state index in [1.165, 1.54) is 0 Å². The van der Waals surface area contributed by atoms with E-state index in [1.54, 1.807) is 88.0 Å².